The van der Waals surface area contributed by atoms with Gasteiger partial charge in [-0.15, -0.1) is 0 Å². The Labute approximate surface area is 205 Å². The zero-order chi connectivity index (χ0) is 23.3. The Bertz CT molecular complexity index is 1140. The van der Waals surface area contributed by atoms with Gasteiger partial charge >= 0.3 is 0 Å². The number of hydrogen-bond donors (Lipinski definition) is 1. The smallest absolute Gasteiger partial charge is 0.261 e. The summed E-state index contributed by atoms with van der Waals surface area (Å²) in [6.07, 6.45) is 0.441. The number of halogens is 3. The van der Waals surface area contributed by atoms with E-state index < -0.39 is 6.04 Å². The Morgan fingerprint density at radius 1 is 1.12 bits per heavy atom. The van der Waals surface area contributed by atoms with Crippen LogP contribution in [0.1, 0.15) is 18.9 Å². The summed E-state index contributed by atoms with van der Waals surface area (Å²) in [4.78, 5) is 27.2. The van der Waals surface area contributed by atoms with Gasteiger partial charge in [0, 0.05) is 23.6 Å². The molecule has 0 aromatic heterocycles. The number of likely N-dealkylation sites (N-methyl/N-ethyl adjacent to an activating group) is 1. The summed E-state index contributed by atoms with van der Waals surface area (Å²) >= 11 is 15.9. The zero-order valence-electron chi connectivity index (χ0n) is 17.7. The molecule has 0 saturated heterocycles. The summed E-state index contributed by atoms with van der Waals surface area (Å²) in [5.74, 6) is -0.0288. The fourth-order valence-electron chi connectivity index (χ4n) is 3.47. The van der Waals surface area contributed by atoms with Crippen molar-refractivity contribution in [2.75, 3.05) is 13.7 Å². The van der Waals surface area contributed by atoms with E-state index in [0.717, 1.165) is 15.2 Å². The van der Waals surface area contributed by atoms with E-state index in [2.05, 4.69) is 21.2 Å². The molecule has 0 aliphatic carbocycles. The largest absolute Gasteiger partial charge is 0.483 e. The number of fused-ring (bicyclic) bond motifs is 1. The maximum Gasteiger partial charge on any atom is 0.261 e. The highest BCUT2D eigenvalue weighted by Gasteiger charge is 2.29. The van der Waals surface area contributed by atoms with Crippen molar-refractivity contribution < 1.29 is 14.3 Å². The predicted octanol–water partition coefficient (Wildman–Crippen LogP) is 5.84. The summed E-state index contributed by atoms with van der Waals surface area (Å²) in [7, 11) is 1.55. The molecule has 0 heterocycles. The fourth-order valence-corrected chi connectivity index (χ4v) is 4.54. The van der Waals surface area contributed by atoms with Crippen molar-refractivity contribution in [1.29, 1.82) is 0 Å². The van der Waals surface area contributed by atoms with Crippen molar-refractivity contribution in [3.05, 3.63) is 74.7 Å². The first kappa shape index (κ1) is 24.4. The lowest BCUT2D eigenvalue weighted by Gasteiger charge is -2.30. The molecule has 0 fully saturated rings. The van der Waals surface area contributed by atoms with E-state index in [4.69, 9.17) is 27.9 Å². The van der Waals surface area contributed by atoms with Gasteiger partial charge in [-0.05, 0) is 56.9 Å². The number of amides is 2. The third kappa shape index (κ3) is 5.55. The Hall–Kier alpha value is -2.28. The standard InChI is InChI=1S/C24H23BrCl2N2O3/c1-3-20(24(31)28-2)29(13-16-8-10-17(26)12-19(16)27)22(30)14-32-21-11-9-15-6-4-5-7-18(15)23(21)25/h4-12,20H,3,13-14H2,1-2H3,(H,28,31)/t20-/m1/s1. The average molecular weight is 538 g/mol. The van der Waals surface area contributed by atoms with Crippen LogP contribution in [0.3, 0.4) is 0 Å². The molecule has 0 aliphatic heterocycles. The highest BCUT2D eigenvalue weighted by atomic mass is 79.9. The van der Waals surface area contributed by atoms with Gasteiger partial charge in [-0.3, -0.25) is 9.59 Å². The molecule has 1 atom stereocenters. The molecular formula is C24H23BrCl2N2O3. The minimum atomic E-state index is -0.664. The van der Waals surface area contributed by atoms with Crippen molar-refractivity contribution in [2.24, 2.45) is 0 Å². The van der Waals surface area contributed by atoms with Crippen LogP contribution < -0.4 is 10.1 Å². The van der Waals surface area contributed by atoms with Crippen LogP contribution >= 0.6 is 39.1 Å². The van der Waals surface area contributed by atoms with E-state index >= 15 is 0 Å². The Morgan fingerprint density at radius 3 is 2.56 bits per heavy atom. The number of benzene rings is 3. The molecule has 2 amide bonds. The van der Waals surface area contributed by atoms with E-state index in [1.807, 2.05) is 43.3 Å². The van der Waals surface area contributed by atoms with Gasteiger partial charge in [-0.1, -0.05) is 66.5 Å². The van der Waals surface area contributed by atoms with Crippen molar-refractivity contribution >= 4 is 61.7 Å². The summed E-state index contributed by atoms with van der Waals surface area (Å²) in [5.41, 5.74) is 0.693. The molecule has 5 nitrogen and oxygen atoms in total. The molecule has 32 heavy (non-hydrogen) atoms. The van der Waals surface area contributed by atoms with Crippen molar-refractivity contribution in [3.63, 3.8) is 0 Å². The van der Waals surface area contributed by atoms with Crippen LogP contribution in [0.4, 0.5) is 0 Å². The summed E-state index contributed by atoms with van der Waals surface area (Å²) < 4.78 is 6.63. The third-order valence-corrected chi connectivity index (χ3v) is 6.57. The molecule has 0 saturated carbocycles. The molecule has 0 spiro atoms. The molecule has 0 radical (unpaired) electrons. The van der Waals surface area contributed by atoms with Crippen molar-refractivity contribution in [3.8, 4) is 5.75 Å². The van der Waals surface area contributed by atoms with Crippen molar-refractivity contribution in [1.82, 2.24) is 10.2 Å². The number of carbonyl (C=O) groups is 2. The highest BCUT2D eigenvalue weighted by Crippen LogP contribution is 2.33. The van der Waals surface area contributed by atoms with Gasteiger partial charge in [0.15, 0.2) is 6.61 Å². The van der Waals surface area contributed by atoms with Crippen LogP contribution in [-0.2, 0) is 16.1 Å². The van der Waals surface area contributed by atoms with Gasteiger partial charge in [-0.2, -0.15) is 0 Å². The lowest BCUT2D eigenvalue weighted by atomic mass is 10.1. The first-order valence-corrected chi connectivity index (χ1v) is 11.7. The van der Waals surface area contributed by atoms with E-state index in [0.29, 0.717) is 27.8 Å². The maximum atomic E-state index is 13.2. The monoisotopic (exact) mass is 536 g/mol. The molecule has 8 heteroatoms. The van der Waals surface area contributed by atoms with E-state index in [1.165, 1.54) is 4.90 Å². The fraction of sp³-hybridized carbons (Fsp3) is 0.250. The van der Waals surface area contributed by atoms with Crippen LogP contribution in [0.15, 0.2) is 59.1 Å². The maximum absolute atomic E-state index is 13.2. The highest BCUT2D eigenvalue weighted by molar-refractivity contribution is 9.10. The van der Waals surface area contributed by atoms with Gasteiger partial charge in [0.05, 0.1) is 4.47 Å². The minimum Gasteiger partial charge on any atom is -0.483 e. The van der Waals surface area contributed by atoms with Gasteiger partial charge in [-0.25, -0.2) is 0 Å². The lowest BCUT2D eigenvalue weighted by molar-refractivity contribution is -0.142. The Balaban J connectivity index is 1.84. The molecule has 1 N–H and O–H groups in total. The average Bonchev–Trinajstić information content (AvgIpc) is 2.79. The van der Waals surface area contributed by atoms with E-state index in [9.17, 15) is 9.59 Å². The first-order valence-electron chi connectivity index (χ1n) is 10.1. The number of rotatable bonds is 8. The number of nitrogens with zero attached hydrogens (tertiary/aromatic N) is 1. The summed E-state index contributed by atoms with van der Waals surface area (Å²) in [6, 6.07) is 16.0. The number of ether oxygens (including phenoxy) is 1. The van der Waals surface area contributed by atoms with Gasteiger partial charge in [0.25, 0.3) is 5.91 Å². The number of hydrogen-bond acceptors (Lipinski definition) is 3. The molecule has 0 unspecified atom stereocenters. The molecule has 3 rings (SSSR count). The number of nitrogens with one attached hydrogen (secondary N) is 1. The molecule has 3 aromatic rings. The second kappa shape index (κ2) is 11.0. The van der Waals surface area contributed by atoms with Crippen LogP contribution in [0, 0.1) is 0 Å². The molecule has 3 aromatic carbocycles. The molecule has 0 aliphatic rings. The third-order valence-electron chi connectivity index (χ3n) is 5.17. The molecule has 0 bridgehead atoms. The summed E-state index contributed by atoms with van der Waals surface area (Å²) in [5, 5.41) is 5.60. The van der Waals surface area contributed by atoms with Gasteiger partial charge in [0.2, 0.25) is 5.91 Å². The number of carbonyl (C=O) groups excluding carboxylic acids is 2. The Morgan fingerprint density at radius 2 is 1.88 bits per heavy atom. The zero-order valence-corrected chi connectivity index (χ0v) is 20.8. The Kier molecular flexibility index (Phi) is 8.40. The molecule has 168 valence electrons. The quantitative estimate of drug-likeness (QED) is 0.392. The van der Waals surface area contributed by atoms with Crippen LogP contribution in [0.2, 0.25) is 10.0 Å². The topological polar surface area (TPSA) is 58.6 Å². The van der Waals surface area contributed by atoms with Gasteiger partial charge in [0.1, 0.15) is 11.8 Å². The normalized spacial score (nSPS) is 11.8. The summed E-state index contributed by atoms with van der Waals surface area (Å²) in [6.45, 7) is 1.78. The van der Waals surface area contributed by atoms with Gasteiger partial charge < -0.3 is 15.0 Å². The van der Waals surface area contributed by atoms with Crippen LogP contribution in [-0.4, -0.2) is 36.4 Å². The first-order chi connectivity index (χ1) is 15.3. The van der Waals surface area contributed by atoms with Crippen LogP contribution in [0.25, 0.3) is 10.8 Å². The predicted molar refractivity (Wildman–Crippen MR) is 132 cm³/mol. The van der Waals surface area contributed by atoms with Crippen molar-refractivity contribution in [2.45, 2.75) is 25.9 Å². The minimum absolute atomic E-state index is 0.156. The molecular weight excluding hydrogens is 515 g/mol. The van der Waals surface area contributed by atoms with Crippen LogP contribution in [0.5, 0.6) is 5.75 Å². The van der Waals surface area contributed by atoms with E-state index in [1.54, 1.807) is 25.2 Å². The van der Waals surface area contributed by atoms with E-state index in [-0.39, 0.29) is 25.0 Å². The SMILES string of the molecule is CC[C@H](C(=O)NC)N(Cc1ccc(Cl)cc1Cl)C(=O)COc1ccc2ccccc2c1Br. The second-order valence-corrected chi connectivity index (χ2v) is 8.82. The lowest BCUT2D eigenvalue weighted by Crippen LogP contribution is -2.49. The second-order valence-electron chi connectivity index (χ2n) is 7.18.